The molecule has 2 fully saturated rings. The van der Waals surface area contributed by atoms with E-state index in [9.17, 15) is 24.3 Å². The molecule has 0 aromatic heterocycles. The summed E-state index contributed by atoms with van der Waals surface area (Å²) in [4.78, 5) is 53.3. The van der Waals surface area contributed by atoms with E-state index in [-0.39, 0.29) is 5.78 Å². The molecule has 178 valence electrons. The molecule has 2 heterocycles. The van der Waals surface area contributed by atoms with Gasteiger partial charge in [-0.25, -0.2) is 4.90 Å². The predicted octanol–water partition coefficient (Wildman–Crippen LogP) is 3.83. The van der Waals surface area contributed by atoms with E-state index in [1.165, 1.54) is 6.92 Å². The van der Waals surface area contributed by atoms with Crippen LogP contribution in [0, 0.1) is 31.6 Å². The van der Waals surface area contributed by atoms with Crippen LogP contribution in [-0.2, 0) is 14.4 Å². The van der Waals surface area contributed by atoms with E-state index < -0.39 is 47.1 Å². The SMILES string of the molecule is CCC(C)C1(C(=O)O)NC(c2cc(C)ccc2C)C2C(=O)N(c3ccc(C(C)=O)cc3)C(=O)C21. The van der Waals surface area contributed by atoms with Gasteiger partial charge in [0.1, 0.15) is 5.54 Å². The van der Waals surface area contributed by atoms with Crippen LogP contribution in [0.2, 0.25) is 0 Å². The number of anilines is 1. The summed E-state index contributed by atoms with van der Waals surface area (Å²) in [7, 11) is 0. The zero-order valence-electron chi connectivity index (χ0n) is 20.1. The van der Waals surface area contributed by atoms with Crippen molar-refractivity contribution in [3.05, 3.63) is 64.7 Å². The van der Waals surface area contributed by atoms with Crippen molar-refractivity contribution in [3.63, 3.8) is 0 Å². The number of carboxylic acids is 1. The van der Waals surface area contributed by atoms with Crippen LogP contribution < -0.4 is 10.2 Å². The number of hydrogen-bond acceptors (Lipinski definition) is 5. The van der Waals surface area contributed by atoms with Crippen molar-refractivity contribution in [2.45, 2.75) is 52.6 Å². The quantitative estimate of drug-likeness (QED) is 0.500. The van der Waals surface area contributed by atoms with Gasteiger partial charge in [-0.2, -0.15) is 0 Å². The van der Waals surface area contributed by atoms with Gasteiger partial charge in [-0.05, 0) is 62.1 Å². The van der Waals surface area contributed by atoms with Crippen LogP contribution >= 0.6 is 0 Å². The molecule has 2 amide bonds. The summed E-state index contributed by atoms with van der Waals surface area (Å²) in [5.41, 5.74) is 1.98. The smallest absolute Gasteiger partial charge is 0.325 e. The first kappa shape index (κ1) is 23.8. The first-order chi connectivity index (χ1) is 16.0. The Labute approximate surface area is 199 Å². The Balaban J connectivity index is 1.89. The van der Waals surface area contributed by atoms with Crippen LogP contribution in [0.1, 0.15) is 60.3 Å². The highest BCUT2D eigenvalue weighted by Gasteiger charge is 2.70. The minimum Gasteiger partial charge on any atom is -0.480 e. The number of benzene rings is 2. The Hall–Kier alpha value is -3.32. The van der Waals surface area contributed by atoms with E-state index >= 15 is 0 Å². The third-order valence-corrected chi connectivity index (χ3v) is 7.64. The average molecular weight is 463 g/mol. The van der Waals surface area contributed by atoms with Crippen LogP contribution in [0.15, 0.2) is 42.5 Å². The highest BCUT2D eigenvalue weighted by atomic mass is 16.4. The highest BCUT2D eigenvalue weighted by molar-refractivity contribution is 6.24. The zero-order valence-corrected chi connectivity index (χ0v) is 20.1. The maximum absolute atomic E-state index is 13.8. The fourth-order valence-corrected chi connectivity index (χ4v) is 5.58. The molecule has 2 N–H and O–H groups in total. The van der Waals surface area contributed by atoms with Gasteiger partial charge in [0.25, 0.3) is 0 Å². The Kier molecular flexibility index (Phi) is 5.94. The van der Waals surface area contributed by atoms with Crippen molar-refractivity contribution >= 4 is 29.3 Å². The van der Waals surface area contributed by atoms with E-state index in [2.05, 4.69) is 5.32 Å². The summed E-state index contributed by atoms with van der Waals surface area (Å²) in [6.45, 7) is 9.01. The maximum Gasteiger partial charge on any atom is 0.325 e. The predicted molar refractivity (Wildman–Crippen MR) is 128 cm³/mol. The minimum absolute atomic E-state index is 0.122. The molecule has 5 atom stereocenters. The van der Waals surface area contributed by atoms with Crippen LogP contribution in [0.5, 0.6) is 0 Å². The summed E-state index contributed by atoms with van der Waals surface area (Å²) in [5.74, 6) is -4.49. The lowest BCUT2D eigenvalue weighted by Crippen LogP contribution is -2.59. The normalized spacial score (nSPS) is 27.1. The van der Waals surface area contributed by atoms with Gasteiger partial charge < -0.3 is 5.11 Å². The summed E-state index contributed by atoms with van der Waals surface area (Å²) >= 11 is 0. The number of imide groups is 1. The third kappa shape index (κ3) is 3.38. The molecule has 0 spiro atoms. The van der Waals surface area contributed by atoms with Crippen LogP contribution in [0.3, 0.4) is 0 Å². The largest absolute Gasteiger partial charge is 0.480 e. The van der Waals surface area contributed by atoms with E-state index in [4.69, 9.17) is 0 Å². The number of nitrogens with zero attached hydrogens (tertiary/aromatic N) is 1. The van der Waals surface area contributed by atoms with Crippen LogP contribution in [-0.4, -0.2) is 34.2 Å². The lowest BCUT2D eigenvalue weighted by atomic mass is 9.71. The number of carbonyl (C=O) groups excluding carboxylic acids is 3. The number of amides is 2. The number of aryl methyl sites for hydroxylation is 2. The molecule has 5 unspecified atom stereocenters. The first-order valence-corrected chi connectivity index (χ1v) is 11.6. The molecular formula is C27H30N2O5. The van der Waals surface area contributed by atoms with Crippen molar-refractivity contribution in [3.8, 4) is 0 Å². The second kappa shape index (κ2) is 8.47. The molecule has 0 aliphatic carbocycles. The van der Waals surface area contributed by atoms with Gasteiger partial charge in [0.05, 0.1) is 17.5 Å². The Morgan fingerprint density at radius 2 is 1.74 bits per heavy atom. The first-order valence-electron chi connectivity index (χ1n) is 11.6. The van der Waals surface area contributed by atoms with E-state index in [1.54, 1.807) is 24.3 Å². The topological polar surface area (TPSA) is 104 Å². The van der Waals surface area contributed by atoms with Gasteiger partial charge in [0.15, 0.2) is 5.78 Å². The van der Waals surface area contributed by atoms with Crippen molar-refractivity contribution in [2.75, 3.05) is 4.90 Å². The molecule has 7 heteroatoms. The van der Waals surface area contributed by atoms with E-state index in [1.807, 2.05) is 45.9 Å². The molecule has 4 rings (SSSR count). The molecule has 2 aromatic rings. The number of Topliss-reactive ketones (excluding diaryl/α,β-unsaturated/α-hetero) is 1. The molecule has 0 radical (unpaired) electrons. The number of carbonyl (C=O) groups is 4. The van der Waals surface area contributed by atoms with Gasteiger partial charge in [0.2, 0.25) is 11.8 Å². The van der Waals surface area contributed by atoms with Crippen molar-refractivity contribution < 1.29 is 24.3 Å². The Morgan fingerprint density at radius 3 is 2.29 bits per heavy atom. The van der Waals surface area contributed by atoms with Gasteiger partial charge in [-0.15, -0.1) is 0 Å². The van der Waals surface area contributed by atoms with Crippen LogP contribution in [0.25, 0.3) is 0 Å². The summed E-state index contributed by atoms with van der Waals surface area (Å²) < 4.78 is 0. The molecule has 2 saturated heterocycles. The van der Waals surface area contributed by atoms with Crippen molar-refractivity contribution in [1.82, 2.24) is 5.32 Å². The second-order valence-corrected chi connectivity index (χ2v) is 9.58. The number of aliphatic carboxylic acids is 1. The fraction of sp³-hybridized carbons (Fsp3) is 0.407. The molecular weight excluding hydrogens is 432 g/mol. The lowest BCUT2D eigenvalue weighted by molar-refractivity contribution is -0.151. The van der Waals surface area contributed by atoms with E-state index in [0.29, 0.717) is 17.7 Å². The van der Waals surface area contributed by atoms with Crippen molar-refractivity contribution in [1.29, 1.82) is 0 Å². The summed E-state index contributed by atoms with van der Waals surface area (Å²) in [6.07, 6.45) is 0.525. The lowest BCUT2D eigenvalue weighted by Gasteiger charge is -2.36. The molecule has 2 aliphatic heterocycles. The van der Waals surface area contributed by atoms with Crippen LogP contribution in [0.4, 0.5) is 5.69 Å². The Bertz CT molecular complexity index is 1190. The minimum atomic E-state index is -1.58. The van der Waals surface area contributed by atoms with Gasteiger partial charge in [-0.3, -0.25) is 24.5 Å². The number of hydrogen-bond donors (Lipinski definition) is 2. The Morgan fingerprint density at radius 1 is 1.09 bits per heavy atom. The number of fused-ring (bicyclic) bond motifs is 1. The number of rotatable bonds is 6. The molecule has 2 aromatic carbocycles. The molecule has 2 aliphatic rings. The summed E-state index contributed by atoms with van der Waals surface area (Å²) in [5, 5.41) is 13.8. The average Bonchev–Trinajstić information content (AvgIpc) is 3.29. The standard InChI is InChI=1S/C27H30N2O5/c1-6-16(4)27(26(33)34)22-21(23(28-27)20-13-14(2)7-8-15(20)3)24(31)29(25(22)32)19-11-9-18(10-12-19)17(5)30/h7-13,16,21-23,28H,6H2,1-5H3,(H,33,34). The number of carboxylic acid groups (broad SMARTS) is 1. The van der Waals surface area contributed by atoms with E-state index in [0.717, 1.165) is 21.6 Å². The molecule has 34 heavy (non-hydrogen) atoms. The third-order valence-electron chi connectivity index (χ3n) is 7.64. The fourth-order valence-electron chi connectivity index (χ4n) is 5.58. The van der Waals surface area contributed by atoms with Gasteiger partial charge >= 0.3 is 5.97 Å². The second-order valence-electron chi connectivity index (χ2n) is 9.58. The monoisotopic (exact) mass is 462 g/mol. The van der Waals surface area contributed by atoms with Gasteiger partial charge in [-0.1, -0.05) is 44.0 Å². The zero-order chi connectivity index (χ0) is 24.9. The molecule has 0 bridgehead atoms. The van der Waals surface area contributed by atoms with Crippen molar-refractivity contribution in [2.24, 2.45) is 17.8 Å². The highest BCUT2D eigenvalue weighted by Crippen LogP contribution is 2.53. The maximum atomic E-state index is 13.8. The summed E-state index contributed by atoms with van der Waals surface area (Å²) in [6, 6.07) is 11.5. The van der Waals surface area contributed by atoms with Gasteiger partial charge in [0, 0.05) is 11.6 Å². The molecule has 7 nitrogen and oxygen atoms in total. The number of nitrogens with one attached hydrogen (secondary N) is 1. The number of ketones is 1. The molecule has 0 saturated carbocycles.